The minimum absolute atomic E-state index is 0.134. The van der Waals surface area contributed by atoms with Crippen LogP contribution in [0.1, 0.15) is 43.0 Å². The van der Waals surface area contributed by atoms with Crippen LogP contribution in [0.3, 0.4) is 0 Å². The maximum atomic E-state index is 13.6. The molecule has 0 radical (unpaired) electrons. The van der Waals surface area contributed by atoms with Crippen LogP contribution >= 0.6 is 0 Å². The predicted molar refractivity (Wildman–Crippen MR) is 129 cm³/mol. The molecule has 0 aliphatic heterocycles. The molecule has 0 aromatic heterocycles. The van der Waals surface area contributed by atoms with Gasteiger partial charge in [-0.05, 0) is 49.2 Å². The average Bonchev–Trinajstić information content (AvgIpc) is 2.81. The van der Waals surface area contributed by atoms with Gasteiger partial charge in [0.15, 0.2) is 11.6 Å². The van der Waals surface area contributed by atoms with Crippen molar-refractivity contribution in [2.24, 2.45) is 0 Å². The number of carbonyl (C=O) groups is 2. The summed E-state index contributed by atoms with van der Waals surface area (Å²) in [5.41, 5.74) is 6.99. The van der Waals surface area contributed by atoms with E-state index >= 15 is 0 Å². The van der Waals surface area contributed by atoms with Gasteiger partial charge in [-0.2, -0.15) is 0 Å². The monoisotopic (exact) mass is 418 g/mol. The van der Waals surface area contributed by atoms with Crippen LogP contribution in [0.5, 0.6) is 0 Å². The molecular formula is C28H22N2O2. The molecule has 0 unspecified atom stereocenters. The summed E-state index contributed by atoms with van der Waals surface area (Å²) in [4.78, 5) is 26.8. The summed E-state index contributed by atoms with van der Waals surface area (Å²) in [6.07, 6.45) is 0. The van der Waals surface area contributed by atoms with Crippen LogP contribution in [0.25, 0.3) is 0 Å². The van der Waals surface area contributed by atoms with E-state index in [1.165, 1.54) is 0 Å². The summed E-state index contributed by atoms with van der Waals surface area (Å²) in [5.74, 6) is -0.287. The van der Waals surface area contributed by atoms with Crippen LogP contribution in [0.4, 0.5) is 22.7 Å². The lowest BCUT2D eigenvalue weighted by atomic mass is 9.82. The molecule has 4 aromatic rings. The minimum Gasteiger partial charge on any atom is -0.354 e. The predicted octanol–water partition coefficient (Wildman–Crippen LogP) is 6.57. The molecule has 0 heterocycles. The number of fused-ring (bicyclic) bond motifs is 2. The van der Waals surface area contributed by atoms with Gasteiger partial charge >= 0.3 is 0 Å². The average molecular weight is 418 g/mol. The molecule has 4 nitrogen and oxygen atoms in total. The van der Waals surface area contributed by atoms with Crippen LogP contribution in [0.2, 0.25) is 0 Å². The van der Waals surface area contributed by atoms with E-state index in [-0.39, 0.29) is 11.6 Å². The van der Waals surface area contributed by atoms with E-state index < -0.39 is 0 Å². The van der Waals surface area contributed by atoms with Crippen LogP contribution in [0.15, 0.2) is 84.9 Å². The maximum absolute atomic E-state index is 13.6. The number of hydrogen-bond acceptors (Lipinski definition) is 4. The molecule has 0 spiro atoms. The van der Waals surface area contributed by atoms with Crippen LogP contribution in [0, 0.1) is 13.8 Å². The molecule has 2 N–H and O–H groups in total. The molecule has 32 heavy (non-hydrogen) atoms. The summed E-state index contributed by atoms with van der Waals surface area (Å²) in [6, 6.07) is 26.5. The Morgan fingerprint density at radius 3 is 1.66 bits per heavy atom. The Hall–Kier alpha value is -4.18. The van der Waals surface area contributed by atoms with E-state index in [0.29, 0.717) is 27.9 Å². The van der Waals surface area contributed by atoms with E-state index in [0.717, 1.165) is 28.2 Å². The van der Waals surface area contributed by atoms with Gasteiger partial charge in [0.05, 0.1) is 16.9 Å². The summed E-state index contributed by atoms with van der Waals surface area (Å²) in [6.45, 7) is 4.04. The summed E-state index contributed by atoms with van der Waals surface area (Å²) < 4.78 is 0. The second kappa shape index (κ2) is 7.82. The third-order valence-electron chi connectivity index (χ3n) is 5.91. The molecule has 0 bridgehead atoms. The number of hydrogen-bond donors (Lipinski definition) is 2. The van der Waals surface area contributed by atoms with Crippen molar-refractivity contribution in [3.8, 4) is 0 Å². The highest BCUT2D eigenvalue weighted by Crippen LogP contribution is 2.40. The zero-order valence-electron chi connectivity index (χ0n) is 17.9. The quantitative estimate of drug-likeness (QED) is 0.347. The first-order valence-corrected chi connectivity index (χ1v) is 10.6. The molecule has 1 aliphatic rings. The molecule has 1 aliphatic carbocycles. The molecule has 156 valence electrons. The molecule has 4 heteroatoms. The molecule has 0 fully saturated rings. The van der Waals surface area contributed by atoms with Crippen molar-refractivity contribution in [3.63, 3.8) is 0 Å². The highest BCUT2D eigenvalue weighted by molar-refractivity contribution is 6.31. The fourth-order valence-electron chi connectivity index (χ4n) is 4.13. The van der Waals surface area contributed by atoms with E-state index in [2.05, 4.69) is 10.6 Å². The largest absolute Gasteiger partial charge is 0.354 e. The lowest BCUT2D eigenvalue weighted by Crippen LogP contribution is -2.22. The van der Waals surface area contributed by atoms with Crippen molar-refractivity contribution in [2.45, 2.75) is 13.8 Å². The summed E-state index contributed by atoms with van der Waals surface area (Å²) in [5, 5.41) is 6.92. The van der Waals surface area contributed by atoms with Crippen molar-refractivity contribution in [1.82, 2.24) is 0 Å². The number of para-hydroxylation sites is 2. The summed E-state index contributed by atoms with van der Waals surface area (Å²) >= 11 is 0. The number of anilines is 4. The third-order valence-corrected chi connectivity index (χ3v) is 5.91. The zero-order chi connectivity index (χ0) is 22.2. The summed E-state index contributed by atoms with van der Waals surface area (Å²) in [7, 11) is 0. The first-order valence-electron chi connectivity index (χ1n) is 10.6. The topological polar surface area (TPSA) is 58.2 Å². The first-order chi connectivity index (χ1) is 15.5. The zero-order valence-corrected chi connectivity index (χ0v) is 17.9. The van der Waals surface area contributed by atoms with Crippen molar-refractivity contribution >= 4 is 34.3 Å². The molecule has 4 aromatic carbocycles. The van der Waals surface area contributed by atoms with Gasteiger partial charge in [-0.3, -0.25) is 9.59 Å². The van der Waals surface area contributed by atoms with E-state index in [9.17, 15) is 9.59 Å². The normalized spacial score (nSPS) is 12.2. The standard InChI is InChI=1S/C28H22N2O2/c1-17-9-3-7-13-22(17)29-24-16-15-21-25(26(24)30-23-14-8-4-10-18(23)2)28(32)20-12-6-5-11-19(20)27(21)31/h3-16,29-30H,1-2H3. The number of carbonyl (C=O) groups excluding carboxylic acids is 2. The molecular weight excluding hydrogens is 396 g/mol. The smallest absolute Gasteiger partial charge is 0.196 e. The number of ketones is 2. The molecule has 0 atom stereocenters. The van der Waals surface area contributed by atoms with Crippen LogP contribution in [-0.4, -0.2) is 11.6 Å². The highest BCUT2D eigenvalue weighted by Gasteiger charge is 2.33. The molecule has 5 rings (SSSR count). The Morgan fingerprint density at radius 1 is 0.500 bits per heavy atom. The number of benzene rings is 4. The van der Waals surface area contributed by atoms with Gasteiger partial charge in [0.2, 0.25) is 0 Å². The Labute approximate surface area is 186 Å². The van der Waals surface area contributed by atoms with Gasteiger partial charge in [0.25, 0.3) is 0 Å². The van der Waals surface area contributed by atoms with Crippen molar-refractivity contribution in [1.29, 1.82) is 0 Å². The fraction of sp³-hybridized carbons (Fsp3) is 0.0714. The van der Waals surface area contributed by atoms with Gasteiger partial charge in [-0.25, -0.2) is 0 Å². The Bertz CT molecular complexity index is 1390. The van der Waals surface area contributed by atoms with Gasteiger partial charge in [0.1, 0.15) is 0 Å². The second-order valence-corrected chi connectivity index (χ2v) is 7.99. The van der Waals surface area contributed by atoms with Crippen LogP contribution in [-0.2, 0) is 0 Å². The Balaban J connectivity index is 1.72. The van der Waals surface area contributed by atoms with Gasteiger partial charge in [0, 0.05) is 28.1 Å². The van der Waals surface area contributed by atoms with Crippen molar-refractivity contribution in [3.05, 3.63) is 118 Å². The number of rotatable bonds is 4. The highest BCUT2D eigenvalue weighted by atomic mass is 16.1. The van der Waals surface area contributed by atoms with E-state index in [4.69, 9.17) is 0 Å². The number of aryl methyl sites for hydroxylation is 2. The van der Waals surface area contributed by atoms with E-state index in [1.807, 2.05) is 68.4 Å². The SMILES string of the molecule is Cc1ccccc1Nc1ccc2c(c1Nc1ccccc1C)C(=O)c1ccccc1C2=O. The van der Waals surface area contributed by atoms with Gasteiger partial charge in [-0.15, -0.1) is 0 Å². The van der Waals surface area contributed by atoms with Crippen molar-refractivity contribution < 1.29 is 9.59 Å². The Morgan fingerprint density at radius 2 is 1.03 bits per heavy atom. The second-order valence-electron chi connectivity index (χ2n) is 7.99. The lowest BCUT2D eigenvalue weighted by molar-refractivity contribution is 0.0980. The maximum Gasteiger partial charge on any atom is 0.196 e. The molecule has 0 amide bonds. The third kappa shape index (κ3) is 3.26. The van der Waals surface area contributed by atoms with E-state index in [1.54, 1.807) is 30.3 Å². The van der Waals surface area contributed by atoms with Crippen molar-refractivity contribution in [2.75, 3.05) is 10.6 Å². The first kappa shape index (κ1) is 19.8. The minimum atomic E-state index is -0.153. The fourth-order valence-corrected chi connectivity index (χ4v) is 4.13. The van der Waals surface area contributed by atoms with Gasteiger partial charge in [-0.1, -0.05) is 60.7 Å². The number of nitrogens with one attached hydrogen (secondary N) is 2. The van der Waals surface area contributed by atoms with Gasteiger partial charge < -0.3 is 10.6 Å². The Kier molecular flexibility index (Phi) is 4.83. The lowest BCUT2D eigenvalue weighted by Gasteiger charge is -2.24. The van der Waals surface area contributed by atoms with Crippen LogP contribution < -0.4 is 10.6 Å². The molecule has 0 saturated carbocycles. The molecule has 0 saturated heterocycles.